The van der Waals surface area contributed by atoms with Gasteiger partial charge in [-0.2, -0.15) is 0 Å². The summed E-state index contributed by atoms with van der Waals surface area (Å²) in [7, 11) is 1.72. The highest BCUT2D eigenvalue weighted by molar-refractivity contribution is 5.91. The summed E-state index contributed by atoms with van der Waals surface area (Å²) < 4.78 is 10.7. The van der Waals surface area contributed by atoms with E-state index in [2.05, 4.69) is 42.6 Å². The summed E-state index contributed by atoms with van der Waals surface area (Å²) in [4.78, 5) is 0. The molecular formula is C17H21NO2. The quantitative estimate of drug-likeness (QED) is 0.907. The molecule has 1 aliphatic rings. The molecule has 0 aromatic heterocycles. The molecule has 0 aliphatic carbocycles. The lowest BCUT2D eigenvalue weighted by atomic mass is 9.88. The molecule has 1 heterocycles. The monoisotopic (exact) mass is 271 g/mol. The van der Waals surface area contributed by atoms with Gasteiger partial charge in [0, 0.05) is 23.9 Å². The van der Waals surface area contributed by atoms with Gasteiger partial charge in [0.15, 0.2) is 0 Å². The number of methoxy groups -OCH3 is 1. The van der Waals surface area contributed by atoms with Crippen LogP contribution in [0.25, 0.3) is 10.8 Å². The number of hydrogen-bond acceptors (Lipinski definition) is 3. The summed E-state index contributed by atoms with van der Waals surface area (Å²) in [5.74, 6) is 0.934. The van der Waals surface area contributed by atoms with Crippen molar-refractivity contribution in [3.63, 3.8) is 0 Å². The molecule has 0 saturated carbocycles. The van der Waals surface area contributed by atoms with Gasteiger partial charge in [0.05, 0.1) is 20.3 Å². The van der Waals surface area contributed by atoms with Crippen LogP contribution in [0.2, 0.25) is 0 Å². The molecule has 0 bridgehead atoms. The molecule has 20 heavy (non-hydrogen) atoms. The first kappa shape index (κ1) is 13.4. The molecule has 2 aromatic carbocycles. The Morgan fingerprint density at radius 3 is 2.55 bits per heavy atom. The maximum Gasteiger partial charge on any atom is 0.126 e. The average Bonchev–Trinajstić information content (AvgIpc) is 2.45. The number of rotatable bonds is 5. The third kappa shape index (κ3) is 2.51. The fourth-order valence-electron chi connectivity index (χ4n) is 2.72. The van der Waals surface area contributed by atoms with Crippen molar-refractivity contribution in [3.8, 4) is 5.75 Å². The van der Waals surface area contributed by atoms with E-state index in [4.69, 9.17) is 9.47 Å². The van der Waals surface area contributed by atoms with Crippen LogP contribution < -0.4 is 10.1 Å². The van der Waals surface area contributed by atoms with E-state index >= 15 is 0 Å². The van der Waals surface area contributed by atoms with Crippen LogP contribution in [-0.4, -0.2) is 26.9 Å². The molecule has 3 heteroatoms. The van der Waals surface area contributed by atoms with Crippen LogP contribution in [0.1, 0.15) is 12.5 Å². The van der Waals surface area contributed by atoms with Gasteiger partial charge < -0.3 is 14.8 Å². The van der Waals surface area contributed by atoms with Crippen molar-refractivity contribution in [1.82, 2.24) is 5.32 Å². The van der Waals surface area contributed by atoms with Crippen LogP contribution in [0.4, 0.5) is 0 Å². The number of fused-ring (bicyclic) bond motifs is 1. The van der Waals surface area contributed by atoms with Crippen LogP contribution in [0.15, 0.2) is 36.4 Å². The predicted octanol–water partition coefficient (Wildman–Crippen LogP) is 2.97. The fourth-order valence-corrected chi connectivity index (χ4v) is 2.72. The lowest BCUT2D eigenvalue weighted by Gasteiger charge is -2.38. The van der Waals surface area contributed by atoms with E-state index in [0.29, 0.717) is 5.41 Å². The van der Waals surface area contributed by atoms with Gasteiger partial charge in [-0.05, 0) is 17.0 Å². The number of ether oxygens (including phenoxy) is 2. The van der Waals surface area contributed by atoms with Crippen LogP contribution in [0.5, 0.6) is 5.75 Å². The molecule has 1 N–H and O–H groups in total. The summed E-state index contributed by atoms with van der Waals surface area (Å²) in [5, 5.41) is 5.99. The van der Waals surface area contributed by atoms with Crippen LogP contribution in [-0.2, 0) is 11.3 Å². The molecule has 1 saturated heterocycles. The Bertz CT molecular complexity index is 605. The van der Waals surface area contributed by atoms with Crippen molar-refractivity contribution in [2.24, 2.45) is 5.41 Å². The van der Waals surface area contributed by atoms with Gasteiger partial charge in [0.2, 0.25) is 0 Å². The summed E-state index contributed by atoms with van der Waals surface area (Å²) in [6, 6.07) is 12.6. The molecule has 0 radical (unpaired) electrons. The first-order valence-electron chi connectivity index (χ1n) is 7.05. The van der Waals surface area contributed by atoms with Crippen LogP contribution in [0.3, 0.4) is 0 Å². The standard InChI is InChI=1S/C17H21NO2/c1-17(11-20-12-17)10-18-9-13-7-8-16(19-2)15-6-4-3-5-14(13)15/h3-8,18H,9-12H2,1-2H3. The Hall–Kier alpha value is -1.58. The van der Waals surface area contributed by atoms with Gasteiger partial charge in [-0.15, -0.1) is 0 Å². The molecule has 0 amide bonds. The molecule has 0 unspecified atom stereocenters. The van der Waals surface area contributed by atoms with E-state index < -0.39 is 0 Å². The first-order chi connectivity index (χ1) is 9.72. The highest BCUT2D eigenvalue weighted by Gasteiger charge is 2.32. The van der Waals surface area contributed by atoms with Crippen molar-refractivity contribution < 1.29 is 9.47 Å². The second-order valence-electron chi connectivity index (χ2n) is 5.88. The summed E-state index contributed by atoms with van der Waals surface area (Å²) >= 11 is 0. The van der Waals surface area contributed by atoms with Crippen molar-refractivity contribution in [1.29, 1.82) is 0 Å². The SMILES string of the molecule is COc1ccc(CNCC2(C)COC2)c2ccccc12. The fraction of sp³-hybridized carbons (Fsp3) is 0.412. The predicted molar refractivity (Wildman–Crippen MR) is 81.1 cm³/mol. The third-order valence-corrected chi connectivity index (χ3v) is 3.96. The number of hydrogen-bond donors (Lipinski definition) is 1. The smallest absolute Gasteiger partial charge is 0.126 e. The Labute approximate surface area is 119 Å². The lowest BCUT2D eigenvalue weighted by molar-refractivity contribution is -0.0991. The Balaban J connectivity index is 1.77. The van der Waals surface area contributed by atoms with E-state index in [9.17, 15) is 0 Å². The molecule has 3 rings (SSSR count). The van der Waals surface area contributed by atoms with E-state index in [1.807, 2.05) is 6.07 Å². The normalized spacial score (nSPS) is 16.9. The van der Waals surface area contributed by atoms with E-state index in [-0.39, 0.29) is 0 Å². The lowest BCUT2D eigenvalue weighted by Crippen LogP contribution is -2.47. The molecule has 2 aromatic rings. The second kappa shape index (κ2) is 5.43. The average molecular weight is 271 g/mol. The highest BCUT2D eigenvalue weighted by atomic mass is 16.5. The van der Waals surface area contributed by atoms with Gasteiger partial charge in [-0.1, -0.05) is 37.3 Å². The molecule has 1 aliphatic heterocycles. The highest BCUT2D eigenvalue weighted by Crippen LogP contribution is 2.29. The molecule has 106 valence electrons. The molecule has 3 nitrogen and oxygen atoms in total. The summed E-state index contributed by atoms with van der Waals surface area (Å²) in [6.45, 7) is 5.86. The van der Waals surface area contributed by atoms with Gasteiger partial charge in [-0.3, -0.25) is 0 Å². The van der Waals surface area contributed by atoms with Crippen molar-refractivity contribution in [2.45, 2.75) is 13.5 Å². The molecular weight excluding hydrogens is 250 g/mol. The maximum atomic E-state index is 5.43. The van der Waals surface area contributed by atoms with Gasteiger partial charge in [-0.25, -0.2) is 0 Å². The second-order valence-corrected chi connectivity index (χ2v) is 5.88. The molecule has 0 spiro atoms. The van der Waals surface area contributed by atoms with Gasteiger partial charge in [0.1, 0.15) is 5.75 Å². The van der Waals surface area contributed by atoms with E-state index in [1.54, 1.807) is 7.11 Å². The Kier molecular flexibility index (Phi) is 3.64. The first-order valence-corrected chi connectivity index (χ1v) is 7.05. The van der Waals surface area contributed by atoms with Crippen LogP contribution in [0, 0.1) is 5.41 Å². The zero-order chi connectivity index (χ0) is 14.0. The van der Waals surface area contributed by atoms with E-state index in [1.165, 1.54) is 16.3 Å². The third-order valence-electron chi connectivity index (χ3n) is 3.96. The molecule has 0 atom stereocenters. The number of nitrogens with one attached hydrogen (secondary N) is 1. The summed E-state index contributed by atoms with van der Waals surface area (Å²) in [5.41, 5.74) is 1.62. The minimum absolute atomic E-state index is 0.308. The van der Waals surface area contributed by atoms with Crippen molar-refractivity contribution in [2.75, 3.05) is 26.9 Å². The minimum atomic E-state index is 0.308. The van der Waals surface area contributed by atoms with E-state index in [0.717, 1.165) is 32.1 Å². The number of benzene rings is 2. The maximum absolute atomic E-state index is 5.43. The van der Waals surface area contributed by atoms with Crippen LogP contribution >= 0.6 is 0 Å². The Morgan fingerprint density at radius 1 is 1.15 bits per heavy atom. The topological polar surface area (TPSA) is 30.5 Å². The zero-order valence-electron chi connectivity index (χ0n) is 12.1. The molecule has 1 fully saturated rings. The largest absolute Gasteiger partial charge is 0.496 e. The van der Waals surface area contributed by atoms with Crippen molar-refractivity contribution >= 4 is 10.8 Å². The summed E-state index contributed by atoms with van der Waals surface area (Å²) in [6.07, 6.45) is 0. The van der Waals surface area contributed by atoms with Gasteiger partial charge in [0.25, 0.3) is 0 Å². The minimum Gasteiger partial charge on any atom is -0.496 e. The van der Waals surface area contributed by atoms with Gasteiger partial charge >= 0.3 is 0 Å². The van der Waals surface area contributed by atoms with Crippen molar-refractivity contribution in [3.05, 3.63) is 42.0 Å². The zero-order valence-corrected chi connectivity index (χ0v) is 12.1. The Morgan fingerprint density at radius 2 is 1.90 bits per heavy atom.